The number of rotatable bonds is 5. The van der Waals surface area contributed by atoms with Crippen molar-refractivity contribution in [2.45, 2.75) is 29.4 Å². The Morgan fingerprint density at radius 1 is 0.960 bits per heavy atom. The maximum Gasteiger partial charge on any atom is 0.129 e. The van der Waals surface area contributed by atoms with Crippen LogP contribution >= 0.6 is 0 Å². The highest BCUT2D eigenvalue weighted by atomic mass is 32.2. The molecule has 2 aromatic rings. The van der Waals surface area contributed by atoms with Crippen LogP contribution in [0.1, 0.15) is 18.4 Å². The van der Waals surface area contributed by atoms with Crippen molar-refractivity contribution in [1.29, 1.82) is 0 Å². The third kappa shape index (κ3) is 4.70. The lowest BCUT2D eigenvalue weighted by Crippen LogP contribution is -2.38. The Hall–Kier alpha value is -1.66. The van der Waals surface area contributed by atoms with Gasteiger partial charge in [0.2, 0.25) is 0 Å². The van der Waals surface area contributed by atoms with E-state index in [0.29, 0.717) is 23.4 Å². The Bertz CT molecular complexity index is 743. The molecule has 0 saturated carbocycles. The van der Waals surface area contributed by atoms with Crippen molar-refractivity contribution >= 4 is 10.8 Å². The maximum absolute atomic E-state index is 13.7. The van der Waals surface area contributed by atoms with Crippen LogP contribution in [0.15, 0.2) is 47.4 Å². The average Bonchev–Trinajstić information content (AvgIpc) is 2.61. The zero-order chi connectivity index (χ0) is 17.8. The number of piperidine rings is 1. The van der Waals surface area contributed by atoms with Crippen LogP contribution in [-0.4, -0.2) is 34.0 Å². The summed E-state index contributed by atoms with van der Waals surface area (Å²) in [4.78, 5) is 2.87. The van der Waals surface area contributed by atoms with Gasteiger partial charge < -0.3 is 4.90 Å². The van der Waals surface area contributed by atoms with E-state index in [1.54, 1.807) is 12.1 Å². The molecule has 0 amide bonds. The van der Waals surface area contributed by atoms with E-state index >= 15 is 0 Å². The van der Waals surface area contributed by atoms with Crippen LogP contribution in [-0.2, 0) is 17.2 Å². The minimum atomic E-state index is -1.13. The molecule has 1 atom stereocenters. The monoisotopic (exact) mass is 367 g/mol. The van der Waals surface area contributed by atoms with Gasteiger partial charge in [0.1, 0.15) is 17.5 Å². The molecule has 0 radical (unpaired) electrons. The molecule has 3 rings (SSSR count). The fourth-order valence-corrected chi connectivity index (χ4v) is 4.54. The highest BCUT2D eigenvalue weighted by molar-refractivity contribution is 7.85. The molecule has 1 aliphatic rings. The Kier molecular flexibility index (Phi) is 5.91. The summed E-state index contributed by atoms with van der Waals surface area (Å²) in [7, 11) is -1.13. The van der Waals surface area contributed by atoms with E-state index in [2.05, 4.69) is 4.90 Å². The number of hydrogen-bond donors (Lipinski definition) is 0. The van der Waals surface area contributed by atoms with E-state index in [-0.39, 0.29) is 11.1 Å². The van der Waals surface area contributed by atoms with Crippen LogP contribution in [0.5, 0.6) is 0 Å². The van der Waals surface area contributed by atoms with Crippen molar-refractivity contribution in [3.63, 3.8) is 0 Å². The topological polar surface area (TPSA) is 20.3 Å². The summed E-state index contributed by atoms with van der Waals surface area (Å²) in [5.74, 6) is -1.40. The lowest BCUT2D eigenvalue weighted by molar-refractivity contribution is 0.233. The smallest absolute Gasteiger partial charge is 0.129 e. The van der Waals surface area contributed by atoms with Crippen molar-refractivity contribution in [1.82, 2.24) is 4.90 Å². The highest BCUT2D eigenvalue weighted by Crippen LogP contribution is 2.22. The van der Waals surface area contributed by atoms with E-state index < -0.39 is 22.4 Å². The molecule has 1 fully saturated rings. The third-order valence-electron chi connectivity index (χ3n) is 4.60. The number of hydrogen-bond acceptors (Lipinski definition) is 2. The van der Waals surface area contributed by atoms with Gasteiger partial charge in [0.05, 0.1) is 10.8 Å². The predicted octanol–water partition coefficient (Wildman–Crippen LogP) is 3.92. The van der Waals surface area contributed by atoms with Crippen LogP contribution in [0, 0.1) is 17.5 Å². The van der Waals surface area contributed by atoms with Gasteiger partial charge in [-0.05, 0) is 68.2 Å². The van der Waals surface area contributed by atoms with E-state index in [1.165, 1.54) is 24.3 Å². The molecule has 1 unspecified atom stereocenters. The van der Waals surface area contributed by atoms with Crippen molar-refractivity contribution in [3.05, 3.63) is 65.5 Å². The van der Waals surface area contributed by atoms with Crippen molar-refractivity contribution in [2.24, 2.45) is 0 Å². The second-order valence-electron chi connectivity index (χ2n) is 6.28. The van der Waals surface area contributed by atoms with Gasteiger partial charge in [-0.25, -0.2) is 13.2 Å². The van der Waals surface area contributed by atoms with Gasteiger partial charge in [-0.1, -0.05) is 6.07 Å². The summed E-state index contributed by atoms with van der Waals surface area (Å²) < 4.78 is 52.1. The Labute approximate surface area is 148 Å². The standard InChI is InChI=1S/C19H20F3NOS/c20-15-3-5-17(6-4-15)25(24)18-8-11-23(12-9-18)10-7-14-1-2-16(21)13-19(14)22/h1-6,13,18H,7-12H2. The Balaban J connectivity index is 1.50. The van der Waals surface area contributed by atoms with Crippen LogP contribution in [0.2, 0.25) is 0 Å². The van der Waals surface area contributed by atoms with Crippen LogP contribution in [0.3, 0.4) is 0 Å². The highest BCUT2D eigenvalue weighted by Gasteiger charge is 2.24. The molecule has 2 aromatic carbocycles. The molecular formula is C19H20F3NOS. The quantitative estimate of drug-likeness (QED) is 0.798. The molecule has 0 N–H and O–H groups in total. The minimum Gasteiger partial charge on any atom is -0.303 e. The fraction of sp³-hybridized carbons (Fsp3) is 0.368. The van der Waals surface area contributed by atoms with Gasteiger partial charge >= 0.3 is 0 Å². The summed E-state index contributed by atoms with van der Waals surface area (Å²) in [5, 5.41) is 0.0595. The fourth-order valence-electron chi connectivity index (χ4n) is 3.11. The molecular weight excluding hydrogens is 347 g/mol. The number of benzene rings is 2. The predicted molar refractivity (Wildman–Crippen MR) is 92.3 cm³/mol. The first-order chi connectivity index (χ1) is 12.0. The SMILES string of the molecule is O=S(c1ccc(F)cc1)C1CCN(CCc2ccc(F)cc2F)CC1. The largest absolute Gasteiger partial charge is 0.303 e. The molecule has 1 aliphatic heterocycles. The van der Waals surface area contributed by atoms with Crippen molar-refractivity contribution < 1.29 is 17.4 Å². The molecule has 6 heteroatoms. The van der Waals surface area contributed by atoms with Crippen LogP contribution in [0.4, 0.5) is 13.2 Å². The van der Waals surface area contributed by atoms with Crippen molar-refractivity contribution in [2.75, 3.05) is 19.6 Å². The van der Waals surface area contributed by atoms with E-state index in [9.17, 15) is 17.4 Å². The maximum atomic E-state index is 13.7. The van der Waals surface area contributed by atoms with Gasteiger partial charge in [0.25, 0.3) is 0 Å². The van der Waals surface area contributed by atoms with Crippen molar-refractivity contribution in [3.8, 4) is 0 Å². The number of nitrogens with zero attached hydrogens (tertiary/aromatic N) is 1. The molecule has 25 heavy (non-hydrogen) atoms. The van der Waals surface area contributed by atoms with Gasteiger partial charge in [-0.2, -0.15) is 0 Å². The third-order valence-corrected chi connectivity index (χ3v) is 6.41. The second-order valence-corrected chi connectivity index (χ2v) is 8.01. The number of halogens is 3. The second kappa shape index (κ2) is 8.15. The van der Waals surface area contributed by atoms with Crippen LogP contribution < -0.4 is 0 Å². The first-order valence-electron chi connectivity index (χ1n) is 8.35. The van der Waals surface area contributed by atoms with E-state index in [4.69, 9.17) is 0 Å². The molecule has 0 aromatic heterocycles. The molecule has 1 heterocycles. The summed E-state index contributed by atoms with van der Waals surface area (Å²) in [6.07, 6.45) is 2.10. The first kappa shape index (κ1) is 18.1. The number of likely N-dealkylation sites (tertiary alicyclic amines) is 1. The molecule has 2 nitrogen and oxygen atoms in total. The first-order valence-corrected chi connectivity index (χ1v) is 9.56. The molecule has 0 spiro atoms. The molecule has 0 aliphatic carbocycles. The molecule has 1 saturated heterocycles. The summed E-state index contributed by atoms with van der Waals surface area (Å²) >= 11 is 0. The van der Waals surface area contributed by atoms with Gasteiger partial charge in [0, 0.05) is 22.8 Å². The van der Waals surface area contributed by atoms with E-state index in [0.717, 1.165) is 32.0 Å². The summed E-state index contributed by atoms with van der Waals surface area (Å²) in [6, 6.07) is 9.49. The average molecular weight is 367 g/mol. The Morgan fingerprint density at radius 3 is 2.24 bits per heavy atom. The lowest BCUT2D eigenvalue weighted by Gasteiger charge is -2.31. The normalized spacial score (nSPS) is 17.6. The lowest BCUT2D eigenvalue weighted by atomic mass is 10.1. The minimum absolute atomic E-state index is 0.0595. The summed E-state index contributed by atoms with van der Waals surface area (Å²) in [6.45, 7) is 2.28. The molecule has 0 bridgehead atoms. The Morgan fingerprint density at radius 2 is 1.60 bits per heavy atom. The van der Waals surface area contributed by atoms with Gasteiger partial charge in [0.15, 0.2) is 0 Å². The van der Waals surface area contributed by atoms with Gasteiger partial charge in [-0.3, -0.25) is 4.21 Å². The van der Waals surface area contributed by atoms with E-state index in [1.807, 2.05) is 0 Å². The zero-order valence-electron chi connectivity index (χ0n) is 13.8. The van der Waals surface area contributed by atoms with Gasteiger partial charge in [-0.15, -0.1) is 0 Å². The summed E-state index contributed by atoms with van der Waals surface area (Å²) in [5.41, 5.74) is 0.512. The van der Waals surface area contributed by atoms with Crippen LogP contribution in [0.25, 0.3) is 0 Å². The zero-order valence-corrected chi connectivity index (χ0v) is 14.6. The molecule has 134 valence electrons.